The Labute approximate surface area is 91.2 Å². The summed E-state index contributed by atoms with van der Waals surface area (Å²) in [4.78, 5) is 13.4. The third kappa shape index (κ3) is 3.24. The molecule has 0 spiro atoms. The average molecular weight is 203 g/mol. The van der Waals surface area contributed by atoms with E-state index >= 15 is 0 Å². The molecule has 1 amide bonds. The van der Waals surface area contributed by atoms with Crippen molar-refractivity contribution in [1.82, 2.24) is 0 Å². The summed E-state index contributed by atoms with van der Waals surface area (Å²) < 4.78 is 0. The number of carbonyl (C=O) groups excluding carboxylic acids is 1. The summed E-state index contributed by atoms with van der Waals surface area (Å²) in [6, 6.07) is 7.90. The van der Waals surface area contributed by atoms with Gasteiger partial charge in [-0.15, -0.1) is 0 Å². The van der Waals surface area contributed by atoms with E-state index in [0.717, 1.165) is 16.8 Å². The van der Waals surface area contributed by atoms with Crippen LogP contribution < -0.4 is 4.90 Å². The Kier molecular flexibility index (Phi) is 3.67. The molecule has 0 atom stereocenters. The number of anilines is 1. The Morgan fingerprint density at radius 1 is 1.33 bits per heavy atom. The summed E-state index contributed by atoms with van der Waals surface area (Å²) >= 11 is 0. The number of allylic oxidation sites excluding steroid dienone is 1. The minimum atomic E-state index is 0.0144. The molecule has 0 aliphatic carbocycles. The molecule has 0 aliphatic rings. The van der Waals surface area contributed by atoms with Crippen molar-refractivity contribution in [2.75, 3.05) is 11.9 Å². The van der Waals surface area contributed by atoms with Crippen LogP contribution in [0.15, 0.2) is 35.9 Å². The van der Waals surface area contributed by atoms with E-state index in [4.69, 9.17) is 0 Å². The Morgan fingerprint density at radius 2 is 2.00 bits per heavy atom. The predicted octanol–water partition coefficient (Wildman–Crippen LogP) is 2.92. The summed E-state index contributed by atoms with van der Waals surface area (Å²) in [5.74, 6) is 0.0144. The first kappa shape index (κ1) is 11.5. The van der Waals surface area contributed by atoms with Gasteiger partial charge in [-0.05, 0) is 38.5 Å². The molecule has 0 bridgehead atoms. The number of hydrogen-bond acceptors (Lipinski definition) is 1. The molecular formula is C13H17NO. The molecule has 0 aromatic heterocycles. The number of rotatable bonds is 2. The molecule has 2 nitrogen and oxygen atoms in total. The molecule has 1 aromatic rings. The molecule has 2 heteroatoms. The SMILES string of the molecule is CC(C)=CC(=O)N(C)c1cccc(C)c1. The van der Waals surface area contributed by atoms with Crippen LogP contribution in [-0.4, -0.2) is 13.0 Å². The molecule has 15 heavy (non-hydrogen) atoms. The van der Waals surface area contributed by atoms with E-state index in [1.165, 1.54) is 0 Å². The van der Waals surface area contributed by atoms with Gasteiger partial charge in [0.2, 0.25) is 0 Å². The van der Waals surface area contributed by atoms with Crippen molar-refractivity contribution in [1.29, 1.82) is 0 Å². The van der Waals surface area contributed by atoms with Gasteiger partial charge in [0.15, 0.2) is 0 Å². The quantitative estimate of drug-likeness (QED) is 0.677. The fraction of sp³-hybridized carbons (Fsp3) is 0.308. The molecule has 1 rings (SSSR count). The lowest BCUT2D eigenvalue weighted by Crippen LogP contribution is -2.24. The van der Waals surface area contributed by atoms with E-state index in [1.54, 1.807) is 18.0 Å². The van der Waals surface area contributed by atoms with Crippen molar-refractivity contribution < 1.29 is 4.79 Å². The summed E-state index contributed by atoms with van der Waals surface area (Å²) in [5.41, 5.74) is 3.10. The lowest BCUT2D eigenvalue weighted by molar-refractivity contribution is -0.113. The number of amides is 1. The molecule has 0 aliphatic heterocycles. The van der Waals surface area contributed by atoms with Crippen LogP contribution in [-0.2, 0) is 4.79 Å². The highest BCUT2D eigenvalue weighted by Gasteiger charge is 2.07. The first-order chi connectivity index (χ1) is 7.00. The van der Waals surface area contributed by atoms with Gasteiger partial charge in [0.1, 0.15) is 0 Å². The second-order valence-corrected chi connectivity index (χ2v) is 3.96. The van der Waals surface area contributed by atoms with Crippen LogP contribution in [0.2, 0.25) is 0 Å². The van der Waals surface area contributed by atoms with Crippen molar-refractivity contribution in [2.45, 2.75) is 20.8 Å². The highest BCUT2D eigenvalue weighted by atomic mass is 16.2. The van der Waals surface area contributed by atoms with Gasteiger partial charge in [-0.1, -0.05) is 17.7 Å². The Morgan fingerprint density at radius 3 is 2.53 bits per heavy atom. The monoisotopic (exact) mass is 203 g/mol. The van der Waals surface area contributed by atoms with Gasteiger partial charge in [0, 0.05) is 18.8 Å². The first-order valence-corrected chi connectivity index (χ1v) is 5.00. The second kappa shape index (κ2) is 4.78. The second-order valence-electron chi connectivity index (χ2n) is 3.96. The van der Waals surface area contributed by atoms with Crippen molar-refractivity contribution in [3.05, 3.63) is 41.5 Å². The molecule has 0 unspecified atom stereocenters. The number of hydrogen-bond donors (Lipinski definition) is 0. The van der Waals surface area contributed by atoms with Crippen LogP contribution in [0.3, 0.4) is 0 Å². The fourth-order valence-corrected chi connectivity index (χ4v) is 1.31. The van der Waals surface area contributed by atoms with E-state index < -0.39 is 0 Å². The van der Waals surface area contributed by atoms with Gasteiger partial charge in [-0.2, -0.15) is 0 Å². The van der Waals surface area contributed by atoms with E-state index in [2.05, 4.69) is 0 Å². The maximum absolute atomic E-state index is 11.7. The standard InChI is InChI=1S/C13H17NO/c1-10(2)8-13(15)14(4)12-7-5-6-11(3)9-12/h5-9H,1-4H3. The van der Waals surface area contributed by atoms with Crippen molar-refractivity contribution in [2.24, 2.45) is 0 Å². The summed E-state index contributed by atoms with van der Waals surface area (Å²) in [7, 11) is 1.79. The Bertz CT molecular complexity index is 389. The number of aryl methyl sites for hydroxylation is 1. The number of carbonyl (C=O) groups is 1. The molecule has 0 saturated carbocycles. The van der Waals surface area contributed by atoms with E-state index in [9.17, 15) is 4.79 Å². The Hall–Kier alpha value is -1.57. The van der Waals surface area contributed by atoms with Crippen LogP contribution in [0.5, 0.6) is 0 Å². The lowest BCUT2D eigenvalue weighted by atomic mass is 10.2. The minimum absolute atomic E-state index is 0.0144. The zero-order valence-corrected chi connectivity index (χ0v) is 9.74. The maximum Gasteiger partial charge on any atom is 0.250 e. The third-order valence-electron chi connectivity index (χ3n) is 2.13. The summed E-state index contributed by atoms with van der Waals surface area (Å²) in [5, 5.41) is 0. The Balaban J connectivity index is 2.90. The van der Waals surface area contributed by atoms with Gasteiger partial charge in [-0.3, -0.25) is 4.79 Å². The lowest BCUT2D eigenvalue weighted by Gasteiger charge is -2.16. The summed E-state index contributed by atoms with van der Waals surface area (Å²) in [6.07, 6.45) is 1.64. The molecule has 0 N–H and O–H groups in total. The molecule has 0 radical (unpaired) electrons. The zero-order chi connectivity index (χ0) is 11.4. The molecule has 0 heterocycles. The van der Waals surface area contributed by atoms with Crippen molar-refractivity contribution in [3.63, 3.8) is 0 Å². The van der Waals surface area contributed by atoms with Crippen LogP contribution in [0.25, 0.3) is 0 Å². The highest BCUT2D eigenvalue weighted by Crippen LogP contribution is 2.14. The van der Waals surface area contributed by atoms with Crippen LogP contribution in [0.1, 0.15) is 19.4 Å². The summed E-state index contributed by atoms with van der Waals surface area (Å²) in [6.45, 7) is 5.85. The predicted molar refractivity (Wildman–Crippen MR) is 64.0 cm³/mol. The molecule has 0 fully saturated rings. The largest absolute Gasteiger partial charge is 0.312 e. The van der Waals surface area contributed by atoms with Gasteiger partial charge >= 0.3 is 0 Å². The van der Waals surface area contributed by atoms with Crippen molar-refractivity contribution >= 4 is 11.6 Å². The van der Waals surface area contributed by atoms with E-state index in [1.807, 2.05) is 45.0 Å². The minimum Gasteiger partial charge on any atom is -0.312 e. The van der Waals surface area contributed by atoms with Gasteiger partial charge in [0.25, 0.3) is 5.91 Å². The molecule has 1 aromatic carbocycles. The van der Waals surface area contributed by atoms with E-state index in [-0.39, 0.29) is 5.91 Å². The first-order valence-electron chi connectivity index (χ1n) is 5.00. The van der Waals surface area contributed by atoms with Crippen molar-refractivity contribution in [3.8, 4) is 0 Å². The van der Waals surface area contributed by atoms with Crippen LogP contribution >= 0.6 is 0 Å². The van der Waals surface area contributed by atoms with Crippen LogP contribution in [0, 0.1) is 6.92 Å². The van der Waals surface area contributed by atoms with Gasteiger partial charge in [0.05, 0.1) is 0 Å². The average Bonchev–Trinajstić information content (AvgIpc) is 2.15. The van der Waals surface area contributed by atoms with Gasteiger partial charge < -0.3 is 4.90 Å². The normalized spacial score (nSPS) is 9.60. The fourth-order valence-electron chi connectivity index (χ4n) is 1.31. The molecule has 0 saturated heterocycles. The maximum atomic E-state index is 11.7. The number of benzene rings is 1. The van der Waals surface area contributed by atoms with E-state index in [0.29, 0.717) is 0 Å². The van der Waals surface area contributed by atoms with Gasteiger partial charge in [-0.25, -0.2) is 0 Å². The number of likely N-dealkylation sites (N-methyl/N-ethyl adjacent to an activating group) is 1. The number of nitrogens with zero attached hydrogens (tertiary/aromatic N) is 1. The smallest absolute Gasteiger partial charge is 0.250 e. The molecule has 80 valence electrons. The highest BCUT2D eigenvalue weighted by molar-refractivity contribution is 6.01. The van der Waals surface area contributed by atoms with Crippen LogP contribution in [0.4, 0.5) is 5.69 Å². The topological polar surface area (TPSA) is 20.3 Å². The zero-order valence-electron chi connectivity index (χ0n) is 9.74. The third-order valence-corrected chi connectivity index (χ3v) is 2.13. The molecular weight excluding hydrogens is 186 g/mol.